The number of hydrogen-bond acceptors (Lipinski definition) is 2. The normalized spacial score (nSPS) is 12.4. The number of benzene rings is 1. The zero-order chi connectivity index (χ0) is 11.5. The van der Waals surface area contributed by atoms with E-state index in [0.717, 1.165) is 21.2 Å². The van der Waals surface area contributed by atoms with E-state index in [4.69, 9.17) is 0 Å². The molecule has 0 amide bonds. The minimum absolute atomic E-state index is 0.636. The number of aliphatic hydroxyl groups is 1. The molecule has 2 rings (SSSR count). The van der Waals surface area contributed by atoms with Crippen LogP contribution in [0.1, 0.15) is 22.8 Å². The highest BCUT2D eigenvalue weighted by Crippen LogP contribution is 2.30. The molecule has 1 heterocycles. The molecule has 16 heavy (non-hydrogen) atoms. The van der Waals surface area contributed by atoms with Crippen LogP contribution in [0.3, 0.4) is 0 Å². The van der Waals surface area contributed by atoms with E-state index in [0.29, 0.717) is 0 Å². The Morgan fingerprint density at radius 1 is 1.25 bits per heavy atom. The van der Waals surface area contributed by atoms with Crippen molar-refractivity contribution in [3.8, 4) is 0 Å². The van der Waals surface area contributed by atoms with Gasteiger partial charge in [-0.3, -0.25) is 4.98 Å². The predicted molar refractivity (Wildman–Crippen MR) is 67.2 cm³/mol. The van der Waals surface area contributed by atoms with Gasteiger partial charge in [0.05, 0.1) is 0 Å². The van der Waals surface area contributed by atoms with Gasteiger partial charge in [-0.15, -0.1) is 0 Å². The van der Waals surface area contributed by atoms with Gasteiger partial charge in [0.25, 0.3) is 0 Å². The minimum atomic E-state index is -0.636. The topological polar surface area (TPSA) is 33.1 Å². The van der Waals surface area contributed by atoms with E-state index in [9.17, 15) is 5.11 Å². The summed E-state index contributed by atoms with van der Waals surface area (Å²) in [4.78, 5) is 4.01. The second kappa shape index (κ2) is 4.76. The van der Waals surface area contributed by atoms with E-state index in [1.54, 1.807) is 12.4 Å². The lowest BCUT2D eigenvalue weighted by Gasteiger charge is -2.14. The molecule has 0 aliphatic heterocycles. The summed E-state index contributed by atoms with van der Waals surface area (Å²) in [6, 6.07) is 9.54. The lowest BCUT2D eigenvalue weighted by molar-refractivity contribution is 0.219. The van der Waals surface area contributed by atoms with Gasteiger partial charge in [-0.05, 0) is 24.1 Å². The summed E-state index contributed by atoms with van der Waals surface area (Å²) < 4.78 is 0.950. The number of pyridine rings is 1. The highest BCUT2D eigenvalue weighted by molar-refractivity contribution is 9.10. The van der Waals surface area contributed by atoms with Gasteiger partial charge in [-0.25, -0.2) is 0 Å². The van der Waals surface area contributed by atoms with Crippen molar-refractivity contribution in [2.24, 2.45) is 0 Å². The van der Waals surface area contributed by atoms with Crippen LogP contribution in [-0.2, 0) is 0 Å². The molecule has 2 aromatic rings. The van der Waals surface area contributed by atoms with Crippen LogP contribution in [0.25, 0.3) is 0 Å². The summed E-state index contributed by atoms with van der Waals surface area (Å²) in [6.07, 6.45) is 2.74. The number of halogens is 1. The Balaban J connectivity index is 2.42. The quantitative estimate of drug-likeness (QED) is 0.914. The van der Waals surface area contributed by atoms with Crippen molar-refractivity contribution in [2.45, 2.75) is 13.0 Å². The van der Waals surface area contributed by atoms with E-state index in [1.807, 2.05) is 37.3 Å². The first-order valence-corrected chi connectivity index (χ1v) is 5.82. The smallest absolute Gasteiger partial charge is 0.107 e. The van der Waals surface area contributed by atoms with E-state index < -0.39 is 6.10 Å². The molecule has 82 valence electrons. The SMILES string of the molecule is Cc1cccc(C(O)c2cccnc2)c1Br. The molecule has 0 fully saturated rings. The second-order valence-corrected chi connectivity index (χ2v) is 4.46. The van der Waals surface area contributed by atoms with Crippen molar-refractivity contribution < 1.29 is 5.11 Å². The highest BCUT2D eigenvalue weighted by atomic mass is 79.9. The second-order valence-electron chi connectivity index (χ2n) is 3.67. The monoisotopic (exact) mass is 277 g/mol. The Bertz CT molecular complexity index is 485. The van der Waals surface area contributed by atoms with Crippen LogP contribution >= 0.6 is 15.9 Å². The third-order valence-electron chi connectivity index (χ3n) is 2.52. The van der Waals surface area contributed by atoms with Crippen molar-refractivity contribution in [3.63, 3.8) is 0 Å². The minimum Gasteiger partial charge on any atom is -0.384 e. The summed E-state index contributed by atoms with van der Waals surface area (Å²) in [5.41, 5.74) is 2.78. The lowest BCUT2D eigenvalue weighted by atomic mass is 10.0. The van der Waals surface area contributed by atoms with Crippen LogP contribution < -0.4 is 0 Å². The number of aromatic nitrogens is 1. The van der Waals surface area contributed by atoms with Gasteiger partial charge in [0.1, 0.15) is 6.10 Å². The summed E-state index contributed by atoms with van der Waals surface area (Å²) in [5.74, 6) is 0. The standard InChI is InChI=1S/C13H12BrNO/c1-9-4-2-6-11(12(9)14)13(16)10-5-3-7-15-8-10/h2-8,13,16H,1H3. The van der Waals surface area contributed by atoms with Gasteiger partial charge in [-0.2, -0.15) is 0 Å². The average Bonchev–Trinajstić information content (AvgIpc) is 2.33. The first-order chi connectivity index (χ1) is 7.70. The van der Waals surface area contributed by atoms with Gasteiger partial charge in [0, 0.05) is 22.4 Å². The summed E-state index contributed by atoms with van der Waals surface area (Å²) in [7, 11) is 0. The van der Waals surface area contributed by atoms with Crippen LogP contribution in [0.4, 0.5) is 0 Å². The number of aliphatic hydroxyl groups excluding tert-OH is 1. The third-order valence-corrected chi connectivity index (χ3v) is 3.60. The Kier molecular flexibility index (Phi) is 3.36. The Morgan fingerprint density at radius 2 is 2.06 bits per heavy atom. The highest BCUT2D eigenvalue weighted by Gasteiger charge is 2.14. The molecule has 1 unspecified atom stereocenters. The Morgan fingerprint density at radius 3 is 2.75 bits per heavy atom. The molecule has 0 radical (unpaired) electrons. The van der Waals surface area contributed by atoms with E-state index in [1.165, 1.54) is 0 Å². The Labute approximate surface area is 103 Å². The van der Waals surface area contributed by atoms with E-state index >= 15 is 0 Å². The van der Waals surface area contributed by atoms with Crippen LogP contribution in [-0.4, -0.2) is 10.1 Å². The summed E-state index contributed by atoms with van der Waals surface area (Å²) in [5, 5.41) is 10.2. The summed E-state index contributed by atoms with van der Waals surface area (Å²) >= 11 is 3.50. The Hall–Kier alpha value is -1.19. The molecule has 0 aliphatic rings. The molecule has 1 N–H and O–H groups in total. The molecule has 2 nitrogen and oxygen atoms in total. The fraction of sp³-hybridized carbons (Fsp3) is 0.154. The molecule has 3 heteroatoms. The van der Waals surface area contributed by atoms with Crippen molar-refractivity contribution in [2.75, 3.05) is 0 Å². The van der Waals surface area contributed by atoms with Crippen molar-refractivity contribution in [1.82, 2.24) is 4.98 Å². The maximum atomic E-state index is 10.2. The molecular weight excluding hydrogens is 266 g/mol. The van der Waals surface area contributed by atoms with Crippen molar-refractivity contribution in [1.29, 1.82) is 0 Å². The first kappa shape index (κ1) is 11.3. The maximum Gasteiger partial charge on any atom is 0.107 e. The van der Waals surface area contributed by atoms with Crippen LogP contribution in [0.5, 0.6) is 0 Å². The van der Waals surface area contributed by atoms with Gasteiger partial charge in [-0.1, -0.05) is 40.2 Å². The number of hydrogen-bond donors (Lipinski definition) is 1. The largest absolute Gasteiger partial charge is 0.384 e. The van der Waals surface area contributed by atoms with Crippen LogP contribution in [0.2, 0.25) is 0 Å². The third kappa shape index (κ3) is 2.15. The fourth-order valence-electron chi connectivity index (χ4n) is 1.60. The zero-order valence-electron chi connectivity index (χ0n) is 8.89. The molecule has 0 saturated carbocycles. The molecule has 0 spiro atoms. The molecule has 1 aromatic heterocycles. The first-order valence-electron chi connectivity index (χ1n) is 5.03. The predicted octanol–water partition coefficient (Wildman–Crippen LogP) is 3.23. The number of rotatable bonds is 2. The van der Waals surface area contributed by atoms with E-state index in [-0.39, 0.29) is 0 Å². The van der Waals surface area contributed by atoms with Crippen molar-refractivity contribution in [3.05, 3.63) is 63.9 Å². The molecular formula is C13H12BrNO. The molecule has 0 aliphatic carbocycles. The van der Waals surface area contributed by atoms with Crippen LogP contribution in [0.15, 0.2) is 47.2 Å². The van der Waals surface area contributed by atoms with Crippen LogP contribution in [0, 0.1) is 6.92 Å². The van der Waals surface area contributed by atoms with Gasteiger partial charge >= 0.3 is 0 Å². The molecule has 1 atom stereocenters. The van der Waals surface area contributed by atoms with Gasteiger partial charge in [0.2, 0.25) is 0 Å². The van der Waals surface area contributed by atoms with Gasteiger partial charge in [0.15, 0.2) is 0 Å². The summed E-state index contributed by atoms with van der Waals surface area (Å²) in [6.45, 7) is 2.00. The lowest BCUT2D eigenvalue weighted by Crippen LogP contribution is -2.01. The molecule has 1 aromatic carbocycles. The number of aryl methyl sites for hydroxylation is 1. The average molecular weight is 278 g/mol. The van der Waals surface area contributed by atoms with Gasteiger partial charge < -0.3 is 5.11 Å². The zero-order valence-corrected chi connectivity index (χ0v) is 10.5. The fourth-order valence-corrected chi connectivity index (χ4v) is 2.08. The van der Waals surface area contributed by atoms with E-state index in [2.05, 4.69) is 20.9 Å². The number of nitrogens with zero attached hydrogens (tertiary/aromatic N) is 1. The molecule has 0 bridgehead atoms. The maximum absolute atomic E-state index is 10.2. The van der Waals surface area contributed by atoms with Crippen molar-refractivity contribution >= 4 is 15.9 Å². The molecule has 0 saturated heterocycles.